The fraction of sp³-hybridized carbons (Fsp3) is 0.727. The van der Waals surface area contributed by atoms with Crippen molar-refractivity contribution in [3.63, 3.8) is 0 Å². The third-order valence-corrected chi connectivity index (χ3v) is 2.76. The van der Waals surface area contributed by atoms with Gasteiger partial charge in [-0.15, -0.1) is 0 Å². The molecule has 0 saturated heterocycles. The van der Waals surface area contributed by atoms with Crippen LogP contribution >= 0.6 is 15.9 Å². The normalized spacial score (nSPS) is 15.2. The number of halogens is 1. The Labute approximate surface area is 100 Å². The Bertz CT molecular complexity index is 285. The van der Waals surface area contributed by atoms with Crippen LogP contribution in [0.25, 0.3) is 0 Å². The Morgan fingerprint density at radius 3 is 2.73 bits per heavy atom. The molecule has 0 fully saturated rings. The van der Waals surface area contributed by atoms with Crippen LogP contribution in [0.15, 0.2) is 16.9 Å². The van der Waals surface area contributed by atoms with Crippen molar-refractivity contribution in [3.05, 3.63) is 16.9 Å². The van der Waals surface area contributed by atoms with Gasteiger partial charge in [-0.1, -0.05) is 13.3 Å². The molecule has 0 aromatic carbocycles. The van der Waals surface area contributed by atoms with E-state index < -0.39 is 0 Å². The van der Waals surface area contributed by atoms with E-state index in [4.69, 9.17) is 0 Å². The van der Waals surface area contributed by atoms with Gasteiger partial charge in [0.05, 0.1) is 17.2 Å². The molecule has 0 aliphatic heterocycles. The van der Waals surface area contributed by atoms with Crippen LogP contribution in [-0.4, -0.2) is 21.9 Å². The predicted molar refractivity (Wildman–Crippen MR) is 66.9 cm³/mol. The summed E-state index contributed by atoms with van der Waals surface area (Å²) in [5.74, 6) is 0. The van der Waals surface area contributed by atoms with E-state index in [0.717, 1.165) is 11.0 Å². The second kappa shape index (κ2) is 6.28. The van der Waals surface area contributed by atoms with Crippen LogP contribution < -0.4 is 5.32 Å². The highest BCUT2D eigenvalue weighted by Crippen LogP contribution is 2.07. The lowest BCUT2D eigenvalue weighted by atomic mass is 10.2. The average molecular weight is 274 g/mol. The zero-order valence-corrected chi connectivity index (χ0v) is 11.3. The van der Waals surface area contributed by atoms with E-state index in [9.17, 15) is 0 Å². The highest BCUT2D eigenvalue weighted by Gasteiger charge is 2.07. The Hall–Kier alpha value is -0.350. The van der Waals surface area contributed by atoms with Crippen molar-refractivity contribution in [2.45, 2.75) is 52.2 Å². The van der Waals surface area contributed by atoms with Crippen LogP contribution in [0.3, 0.4) is 0 Å². The van der Waals surface area contributed by atoms with Gasteiger partial charge in [-0.2, -0.15) is 5.10 Å². The highest BCUT2D eigenvalue weighted by molar-refractivity contribution is 9.10. The number of nitrogens with zero attached hydrogens (tertiary/aromatic N) is 2. The van der Waals surface area contributed by atoms with Crippen LogP contribution in [0.4, 0.5) is 0 Å². The summed E-state index contributed by atoms with van der Waals surface area (Å²) < 4.78 is 3.00. The monoisotopic (exact) mass is 273 g/mol. The second-order valence-corrected chi connectivity index (χ2v) is 5.05. The molecule has 1 aromatic rings. The van der Waals surface area contributed by atoms with Gasteiger partial charge in [-0.05, 0) is 36.2 Å². The van der Waals surface area contributed by atoms with Crippen LogP contribution in [-0.2, 0) is 6.54 Å². The van der Waals surface area contributed by atoms with Crippen LogP contribution in [0.5, 0.6) is 0 Å². The summed E-state index contributed by atoms with van der Waals surface area (Å²) in [6.07, 6.45) is 6.28. The van der Waals surface area contributed by atoms with Crippen LogP contribution in [0.2, 0.25) is 0 Å². The lowest BCUT2D eigenvalue weighted by Gasteiger charge is -2.19. The zero-order valence-electron chi connectivity index (χ0n) is 9.70. The first-order valence-corrected chi connectivity index (χ1v) is 6.35. The van der Waals surface area contributed by atoms with Crippen molar-refractivity contribution >= 4 is 15.9 Å². The molecule has 3 nitrogen and oxygen atoms in total. The molecule has 86 valence electrons. The average Bonchev–Trinajstić information content (AvgIpc) is 2.51. The number of rotatable bonds is 6. The second-order valence-electron chi connectivity index (χ2n) is 4.14. The fourth-order valence-electron chi connectivity index (χ4n) is 1.77. The Kier molecular flexibility index (Phi) is 5.32. The number of nitrogens with one attached hydrogen (secondary N) is 1. The smallest absolute Gasteiger partial charge is 0.0632 e. The van der Waals surface area contributed by atoms with Gasteiger partial charge in [0.15, 0.2) is 0 Å². The lowest BCUT2D eigenvalue weighted by Crippen LogP contribution is -2.37. The van der Waals surface area contributed by atoms with Gasteiger partial charge in [0.25, 0.3) is 0 Å². The molecule has 1 N–H and O–H groups in total. The van der Waals surface area contributed by atoms with E-state index >= 15 is 0 Å². The molecule has 0 radical (unpaired) electrons. The van der Waals surface area contributed by atoms with Gasteiger partial charge in [-0.25, -0.2) is 0 Å². The molecule has 0 bridgehead atoms. The van der Waals surface area contributed by atoms with E-state index in [1.54, 1.807) is 0 Å². The zero-order chi connectivity index (χ0) is 11.3. The first kappa shape index (κ1) is 12.7. The van der Waals surface area contributed by atoms with E-state index in [0.29, 0.717) is 12.1 Å². The number of hydrogen-bond donors (Lipinski definition) is 1. The first-order valence-electron chi connectivity index (χ1n) is 5.55. The molecule has 0 aliphatic rings. The van der Waals surface area contributed by atoms with Crippen molar-refractivity contribution in [1.29, 1.82) is 0 Å². The summed E-state index contributed by atoms with van der Waals surface area (Å²) in [5, 5.41) is 7.80. The van der Waals surface area contributed by atoms with Crippen molar-refractivity contribution < 1.29 is 0 Å². The highest BCUT2D eigenvalue weighted by atomic mass is 79.9. The molecular formula is C11H20BrN3. The van der Waals surface area contributed by atoms with E-state index in [-0.39, 0.29) is 0 Å². The molecule has 0 saturated carbocycles. The minimum atomic E-state index is 0.457. The van der Waals surface area contributed by atoms with Gasteiger partial charge in [0, 0.05) is 18.3 Å². The minimum absolute atomic E-state index is 0.457. The van der Waals surface area contributed by atoms with E-state index in [1.165, 1.54) is 12.8 Å². The topological polar surface area (TPSA) is 29.9 Å². The largest absolute Gasteiger partial charge is 0.310 e. The standard InChI is InChI=1S/C11H20BrN3/c1-4-5-9(2)14-10(3)7-15-8-11(12)6-13-15/h6,8-10,14H,4-5,7H2,1-3H3. The third kappa shape index (κ3) is 4.80. The Morgan fingerprint density at radius 1 is 1.47 bits per heavy atom. The molecule has 2 unspecified atom stereocenters. The fourth-order valence-corrected chi connectivity index (χ4v) is 2.10. The summed E-state index contributed by atoms with van der Waals surface area (Å²) in [6.45, 7) is 7.56. The first-order chi connectivity index (χ1) is 7.11. The van der Waals surface area contributed by atoms with E-state index in [1.807, 2.05) is 17.1 Å². The maximum Gasteiger partial charge on any atom is 0.0632 e. The van der Waals surface area contributed by atoms with Gasteiger partial charge >= 0.3 is 0 Å². The van der Waals surface area contributed by atoms with Crippen LogP contribution in [0.1, 0.15) is 33.6 Å². The molecule has 15 heavy (non-hydrogen) atoms. The molecular weight excluding hydrogens is 254 g/mol. The van der Waals surface area contributed by atoms with Gasteiger partial charge in [0.1, 0.15) is 0 Å². The minimum Gasteiger partial charge on any atom is -0.310 e. The SMILES string of the molecule is CCCC(C)NC(C)Cn1cc(Br)cn1. The third-order valence-electron chi connectivity index (χ3n) is 2.35. The van der Waals surface area contributed by atoms with Crippen molar-refractivity contribution in [3.8, 4) is 0 Å². The summed E-state index contributed by atoms with van der Waals surface area (Å²) in [5.41, 5.74) is 0. The summed E-state index contributed by atoms with van der Waals surface area (Å²) in [7, 11) is 0. The number of aromatic nitrogens is 2. The maximum atomic E-state index is 4.24. The van der Waals surface area contributed by atoms with E-state index in [2.05, 4.69) is 47.1 Å². The number of hydrogen-bond acceptors (Lipinski definition) is 2. The van der Waals surface area contributed by atoms with Crippen molar-refractivity contribution in [1.82, 2.24) is 15.1 Å². The molecule has 1 aromatic heterocycles. The van der Waals surface area contributed by atoms with Gasteiger partial charge in [-0.3, -0.25) is 4.68 Å². The summed E-state index contributed by atoms with van der Waals surface area (Å²) in [4.78, 5) is 0. The summed E-state index contributed by atoms with van der Waals surface area (Å²) in [6, 6.07) is 1.04. The molecule has 2 atom stereocenters. The molecule has 4 heteroatoms. The molecule has 1 heterocycles. The maximum absolute atomic E-state index is 4.24. The Balaban J connectivity index is 2.32. The van der Waals surface area contributed by atoms with Gasteiger partial charge in [0.2, 0.25) is 0 Å². The lowest BCUT2D eigenvalue weighted by molar-refractivity contribution is 0.393. The molecule has 0 spiro atoms. The quantitative estimate of drug-likeness (QED) is 0.864. The Morgan fingerprint density at radius 2 is 2.20 bits per heavy atom. The van der Waals surface area contributed by atoms with Gasteiger partial charge < -0.3 is 5.32 Å². The molecule has 0 aliphatic carbocycles. The predicted octanol–water partition coefficient (Wildman–Crippen LogP) is 2.81. The van der Waals surface area contributed by atoms with Crippen molar-refractivity contribution in [2.75, 3.05) is 0 Å². The van der Waals surface area contributed by atoms with Crippen molar-refractivity contribution in [2.24, 2.45) is 0 Å². The summed E-state index contributed by atoms with van der Waals surface area (Å²) >= 11 is 3.39. The molecule has 1 rings (SSSR count). The molecule has 0 amide bonds. The van der Waals surface area contributed by atoms with Crippen LogP contribution in [0, 0.1) is 0 Å².